The van der Waals surface area contributed by atoms with Crippen LogP contribution in [0.4, 0.5) is 37.9 Å². The predicted octanol–water partition coefficient (Wildman–Crippen LogP) is 8.35. The van der Waals surface area contributed by atoms with Crippen molar-refractivity contribution in [1.29, 1.82) is 0 Å². The van der Waals surface area contributed by atoms with Crippen molar-refractivity contribution in [2.45, 2.75) is 93.8 Å². The molecule has 15 aromatic rings. The second-order valence-corrected chi connectivity index (χ2v) is 31.6. The molecule has 0 bridgehead atoms. The third-order valence-corrected chi connectivity index (χ3v) is 23.8. The third kappa shape index (κ3) is 15.7. The summed E-state index contributed by atoms with van der Waals surface area (Å²) in [6.45, 7) is 9.27. The van der Waals surface area contributed by atoms with Gasteiger partial charge in [-0.05, 0) is 129 Å². The fourth-order valence-electron chi connectivity index (χ4n) is 15.7. The fourth-order valence-corrected chi connectivity index (χ4v) is 17.1. The topological polar surface area (TPSA) is 430 Å². The normalized spacial score (nSPS) is 18.6. The van der Waals surface area contributed by atoms with Crippen molar-refractivity contribution < 1.29 is 8.78 Å². The number of hydrogen-bond donors (Lipinski definition) is 10. The summed E-state index contributed by atoms with van der Waals surface area (Å²) in [4.78, 5) is 23.8. The molecule has 15 N–H and O–H groups in total. The number of nitrogens with zero attached hydrogens (tertiary/aromatic N) is 25. The Bertz CT molecular complexity index is 5150. The Morgan fingerprint density at radius 2 is 0.548 bits per heavy atom. The fraction of sp³-hybridized carbons (Fsp3) is 0.400. The van der Waals surface area contributed by atoms with E-state index in [4.69, 9.17) is 55.2 Å². The van der Waals surface area contributed by atoms with E-state index in [0.29, 0.717) is 57.0 Å². The van der Waals surface area contributed by atoms with Gasteiger partial charge in [0.05, 0.1) is 99.4 Å². The van der Waals surface area contributed by atoms with E-state index in [-0.39, 0.29) is 29.4 Å². The zero-order chi connectivity index (χ0) is 79.9. The van der Waals surface area contributed by atoms with Gasteiger partial charge in [-0.25, -0.2) is 33.7 Å². The van der Waals surface area contributed by atoms with E-state index in [1.54, 1.807) is 86.5 Å². The molecule has 20 rings (SSSR count). The molecule has 0 aliphatic carbocycles. The number of halogens is 5. The first kappa shape index (κ1) is 78.0. The Balaban J connectivity index is 0.000000108. The molecule has 115 heavy (non-hydrogen) atoms. The molecule has 15 aromatic heterocycles. The summed E-state index contributed by atoms with van der Waals surface area (Å²) in [6.07, 6.45) is 37.7. The summed E-state index contributed by atoms with van der Waals surface area (Å²) < 4.78 is 47.4. The molecule has 0 spiro atoms. The second kappa shape index (κ2) is 33.5. The highest BCUT2D eigenvalue weighted by atomic mass is 79.9. The van der Waals surface area contributed by atoms with E-state index in [1.165, 1.54) is 9.03 Å². The van der Waals surface area contributed by atoms with Gasteiger partial charge in [-0.1, -0.05) is 11.6 Å². The number of hydrogen-bond acceptors (Lipinski definition) is 25. The van der Waals surface area contributed by atoms with Crippen LogP contribution >= 0.6 is 43.5 Å². The molecule has 35 nitrogen and oxygen atoms in total. The highest BCUT2D eigenvalue weighted by Gasteiger charge is 2.31. The van der Waals surface area contributed by atoms with Crippen molar-refractivity contribution in [3.63, 3.8) is 0 Å². The van der Waals surface area contributed by atoms with Gasteiger partial charge >= 0.3 is 0 Å². The van der Waals surface area contributed by atoms with E-state index in [0.717, 1.165) is 228 Å². The molecule has 5 aliphatic rings. The lowest BCUT2D eigenvalue weighted by Gasteiger charge is -2.23. The van der Waals surface area contributed by atoms with Crippen molar-refractivity contribution in [3.05, 3.63) is 147 Å². The molecule has 5 unspecified atom stereocenters. The lowest BCUT2D eigenvalue weighted by molar-refractivity contribution is 0.437. The molecule has 0 saturated carbocycles. The SMILES string of the molecule is Cn1cc(-c2cnn3c(N)c(Br)c(C4CCCNC4)nc23)cn1.Cn1cc(-c2cnn3c(N)c(Br)c(C4CCCNC4)nc23)cn1.Cn1cc(-c2cnn3c(N)c(Cl)c(C4CCCNC4)nc23)cn1.Cn1cc(-c2cnn3c(N)c(F)c(C4CCCNC4)nc23)cn1.Cn1cc(-c2cnn3c(N)c(F)c(C4CCCNC4)nc23)cn1. The minimum Gasteiger partial charge on any atom is -0.383 e. The van der Waals surface area contributed by atoms with E-state index < -0.39 is 11.6 Å². The maximum Gasteiger partial charge on any atom is 0.187 e. The Morgan fingerprint density at radius 3 is 0.791 bits per heavy atom. The van der Waals surface area contributed by atoms with E-state index in [2.05, 4.69) is 119 Å². The van der Waals surface area contributed by atoms with Gasteiger partial charge in [0, 0.05) is 184 Å². The maximum atomic E-state index is 14.6. The Morgan fingerprint density at radius 1 is 0.322 bits per heavy atom. The lowest BCUT2D eigenvalue weighted by atomic mass is 9.95. The molecular weight excluding hydrogens is 1620 g/mol. The van der Waals surface area contributed by atoms with Crippen LogP contribution in [0.5, 0.6) is 0 Å². The standard InChI is InChI=1S/2C15H18BrN7.C15H18ClN7.2C15H18FN7/c5*1-22-8-10(6-19-22)11-7-20-23-14(17)12(16)13(21-15(11)23)9-3-2-4-18-5-9/h5*6-9,18H,2-5,17H2,1H3. The Hall–Kier alpha value is -10.9. The van der Waals surface area contributed by atoms with Crippen LogP contribution in [0.3, 0.4) is 0 Å². The summed E-state index contributed by atoms with van der Waals surface area (Å²) >= 11 is 13.7. The van der Waals surface area contributed by atoms with Gasteiger partial charge in [-0.2, -0.15) is 73.6 Å². The average Bonchev–Trinajstić information content (AvgIpc) is 1.76. The summed E-state index contributed by atoms with van der Waals surface area (Å²) in [5.74, 6) is 1.77. The monoisotopic (exact) mass is 1710 g/mol. The minimum atomic E-state index is -0.466. The summed E-state index contributed by atoms with van der Waals surface area (Å²) in [5, 5.41) is 59.9. The number of aryl methyl sites for hydroxylation is 5. The molecule has 0 amide bonds. The number of nitrogen functional groups attached to an aromatic ring is 5. The molecule has 0 aromatic carbocycles. The van der Waals surface area contributed by atoms with Crippen LogP contribution in [0.2, 0.25) is 5.02 Å². The summed E-state index contributed by atoms with van der Waals surface area (Å²) in [5.41, 5.74) is 47.0. The van der Waals surface area contributed by atoms with Gasteiger partial charge in [-0.15, -0.1) is 0 Å². The van der Waals surface area contributed by atoms with E-state index in [1.807, 2.05) is 78.6 Å². The van der Waals surface area contributed by atoms with Gasteiger partial charge in [-0.3, -0.25) is 23.4 Å². The Kier molecular flexibility index (Phi) is 22.7. The van der Waals surface area contributed by atoms with Gasteiger partial charge in [0.1, 0.15) is 22.5 Å². The van der Waals surface area contributed by atoms with Gasteiger partial charge in [0.25, 0.3) is 0 Å². The largest absolute Gasteiger partial charge is 0.383 e. The van der Waals surface area contributed by atoms with Crippen LogP contribution in [0.1, 0.15) is 122 Å². The quantitative estimate of drug-likeness (QED) is 0.0614. The maximum absolute atomic E-state index is 14.6. The van der Waals surface area contributed by atoms with Crippen molar-refractivity contribution in [1.82, 2.24) is 148 Å². The number of piperidine rings is 5. The van der Waals surface area contributed by atoms with Gasteiger partial charge < -0.3 is 55.3 Å². The number of fused-ring (bicyclic) bond motifs is 5. The van der Waals surface area contributed by atoms with Crippen molar-refractivity contribution in [2.24, 2.45) is 35.2 Å². The van der Waals surface area contributed by atoms with Crippen LogP contribution < -0.4 is 55.3 Å². The average molecular weight is 1720 g/mol. The first-order valence-electron chi connectivity index (χ1n) is 38.4. The van der Waals surface area contributed by atoms with Crippen molar-refractivity contribution in [2.75, 3.05) is 94.1 Å². The molecule has 0 radical (unpaired) electrons. The number of rotatable bonds is 10. The Labute approximate surface area is 679 Å². The van der Waals surface area contributed by atoms with Crippen LogP contribution in [-0.4, -0.2) is 187 Å². The van der Waals surface area contributed by atoms with Gasteiger partial charge in [0.2, 0.25) is 0 Å². The molecule has 5 saturated heterocycles. The molecule has 40 heteroatoms. The third-order valence-electron chi connectivity index (χ3n) is 21.7. The van der Waals surface area contributed by atoms with Crippen LogP contribution in [-0.2, 0) is 35.2 Å². The molecule has 5 atom stereocenters. The summed E-state index contributed by atoms with van der Waals surface area (Å²) in [7, 11) is 9.36. The summed E-state index contributed by atoms with van der Waals surface area (Å²) in [6, 6.07) is 0. The molecular formula is C75H90Br2ClF2N35. The number of anilines is 5. The zero-order valence-corrected chi connectivity index (χ0v) is 68.1. The van der Waals surface area contributed by atoms with Crippen molar-refractivity contribution in [3.8, 4) is 55.6 Å². The number of aromatic nitrogens is 25. The van der Waals surface area contributed by atoms with Crippen LogP contribution in [0, 0.1) is 11.6 Å². The highest BCUT2D eigenvalue weighted by Crippen LogP contribution is 2.40. The smallest absolute Gasteiger partial charge is 0.187 e. The van der Waals surface area contributed by atoms with E-state index >= 15 is 0 Å². The zero-order valence-electron chi connectivity index (χ0n) is 64.1. The number of nitrogens with two attached hydrogens (primary N) is 5. The molecule has 5 fully saturated rings. The lowest BCUT2D eigenvalue weighted by Crippen LogP contribution is -2.30. The highest BCUT2D eigenvalue weighted by molar-refractivity contribution is 9.11. The molecule has 20 heterocycles. The van der Waals surface area contributed by atoms with Crippen LogP contribution in [0.15, 0.2) is 102 Å². The van der Waals surface area contributed by atoms with Crippen molar-refractivity contribution >= 4 is 101 Å². The van der Waals surface area contributed by atoms with Crippen LogP contribution in [0.25, 0.3) is 83.9 Å². The first-order chi connectivity index (χ1) is 55.7. The molecule has 5 aliphatic heterocycles. The minimum absolute atomic E-state index is 0.00529. The molecule has 600 valence electrons. The first-order valence-corrected chi connectivity index (χ1v) is 40.3. The van der Waals surface area contributed by atoms with E-state index in [9.17, 15) is 8.78 Å². The predicted molar refractivity (Wildman–Crippen MR) is 443 cm³/mol. The number of nitrogens with one attached hydrogen (secondary N) is 5. The second-order valence-electron chi connectivity index (χ2n) is 29.7. The van der Waals surface area contributed by atoms with Gasteiger partial charge in [0.15, 0.2) is 51.5 Å².